The third kappa shape index (κ3) is 38.3. The van der Waals surface area contributed by atoms with Crippen LogP contribution in [0.2, 0.25) is 0 Å². The number of aromatic amines is 1. The average Bonchev–Trinajstić information content (AvgIpc) is 1.75. The molecular weight excluding hydrogens is 1520 g/mol. The Kier molecular flexibility index (Phi) is 43.8. The van der Waals surface area contributed by atoms with Gasteiger partial charge in [-0.2, -0.15) is 0 Å². The standard InChI is InChI=1S/C74H103N13O28/c75-70(103)53(35-47-12-14-57(89)59(91)37-47)83-65(97)44-113-33-30-108-26-20-77-63(95)42-111-24-6-25-115-46-81-71(104)54(36-48-13-15-58(90)60(92)38-48)84-66(98)45-114-34-31-109-27-21-78-64(96)43-112-32-29-110-28-22-79-72(105)56(41-88)86-74(107)55(39-69(101)102)85-73(106)52(10-3-4-19-76-61(93)18-23-87-67(99)16-17-68(87)100)82-62(94)11-5-7-49-40-80-51-9-2-1-8-50(49)51/h1-2,8-9,12-17,37-38,40,52-56,80,88-92H,3-7,10-11,18-36,39,41-46H2,(H2,75,103)(H,76,93)(H,77,95)(H,78,96)(H,79,105)(H,81,104)(H,82,94)(H,83,97)(H,84,98)(H,85,106)(H,86,107)(H,101,102)/t52-,53?,54?,55+,56+/m1/s1. The molecule has 0 fully saturated rings. The Morgan fingerprint density at radius 1 is 0.443 bits per heavy atom. The van der Waals surface area contributed by atoms with Crippen LogP contribution in [0.3, 0.4) is 0 Å². The van der Waals surface area contributed by atoms with E-state index < -0.39 is 151 Å². The summed E-state index contributed by atoms with van der Waals surface area (Å²) in [7, 11) is 0. The molecule has 41 heteroatoms. The number of H-pyrrole nitrogens is 1. The fourth-order valence-corrected chi connectivity index (χ4v) is 10.8. The summed E-state index contributed by atoms with van der Waals surface area (Å²) in [5.41, 5.74) is 8.14. The van der Waals surface area contributed by atoms with Gasteiger partial charge in [0.05, 0.1) is 79.1 Å². The van der Waals surface area contributed by atoms with Crippen LogP contribution in [0, 0.1) is 0 Å². The lowest BCUT2D eigenvalue weighted by atomic mass is 10.0. The number of aliphatic carboxylic acids is 1. The molecule has 2 heterocycles. The number of rotatable bonds is 61. The molecule has 5 rings (SSSR count). The Bertz CT molecular complexity index is 3860. The summed E-state index contributed by atoms with van der Waals surface area (Å²) < 4.78 is 43.1. The SMILES string of the molecule is NC(=O)C(Cc1ccc(O)c(O)c1)NC(=O)COCCOCCNC(=O)COCCCOCNC(=O)C(Cc1ccc(O)c(O)c1)NC(=O)COCCOCCNC(=O)COCCOCCNC(=O)[C@H](CO)NC(=O)[C@H](CC(=O)O)NC(=O)[C@@H](CCCCNC(=O)CCN1C(=O)C=CC1=O)NC(=O)CCCc1c[nH]c2ccccc12. The van der Waals surface area contributed by atoms with Crippen LogP contribution in [0.1, 0.15) is 68.1 Å². The predicted molar refractivity (Wildman–Crippen MR) is 402 cm³/mol. The first-order chi connectivity index (χ1) is 55.3. The van der Waals surface area contributed by atoms with Gasteiger partial charge >= 0.3 is 5.97 Å². The number of hydrogen-bond acceptors (Lipinski definition) is 27. The maximum atomic E-state index is 13.8. The van der Waals surface area contributed by atoms with Crippen LogP contribution in [0.4, 0.5) is 0 Å². The van der Waals surface area contributed by atoms with Crippen LogP contribution in [0.15, 0.2) is 79.0 Å². The fourth-order valence-electron chi connectivity index (χ4n) is 10.8. The molecule has 1 aliphatic rings. The molecule has 0 aliphatic carbocycles. The minimum atomic E-state index is -1.78. The number of aromatic nitrogens is 1. The van der Waals surface area contributed by atoms with E-state index in [0.717, 1.165) is 33.5 Å². The smallest absolute Gasteiger partial charge is 0.305 e. The lowest BCUT2D eigenvalue weighted by Crippen LogP contribution is -2.58. The zero-order valence-electron chi connectivity index (χ0n) is 63.4. The maximum Gasteiger partial charge on any atom is 0.305 e. The van der Waals surface area contributed by atoms with Crippen LogP contribution in [0.5, 0.6) is 23.0 Å². The third-order valence-electron chi connectivity index (χ3n) is 16.7. The van der Waals surface area contributed by atoms with Gasteiger partial charge in [0.25, 0.3) is 11.8 Å². The van der Waals surface area contributed by atoms with Crippen LogP contribution < -0.4 is 58.9 Å². The van der Waals surface area contributed by atoms with Gasteiger partial charge in [-0.25, -0.2) is 0 Å². The van der Waals surface area contributed by atoms with Crippen molar-refractivity contribution >= 4 is 93.7 Å². The average molecular weight is 1620 g/mol. The number of aliphatic hydroxyl groups excluding tert-OH is 1. The molecule has 632 valence electrons. The van der Waals surface area contributed by atoms with Gasteiger partial charge < -0.3 is 132 Å². The van der Waals surface area contributed by atoms with Gasteiger partial charge in [-0.15, -0.1) is 0 Å². The Morgan fingerprint density at radius 3 is 1.51 bits per heavy atom. The number of aryl methyl sites for hydroxylation is 1. The van der Waals surface area contributed by atoms with Gasteiger partial charge in [-0.1, -0.05) is 30.3 Å². The van der Waals surface area contributed by atoms with Crippen molar-refractivity contribution in [1.82, 2.24) is 63.1 Å². The number of amides is 13. The Morgan fingerprint density at radius 2 is 0.939 bits per heavy atom. The summed E-state index contributed by atoms with van der Waals surface area (Å²) in [5, 5.41) is 84.9. The van der Waals surface area contributed by atoms with E-state index in [9.17, 15) is 97.8 Å². The van der Waals surface area contributed by atoms with Gasteiger partial charge in [0.15, 0.2) is 23.0 Å². The van der Waals surface area contributed by atoms with E-state index in [1.807, 2.05) is 30.5 Å². The molecule has 0 spiro atoms. The number of phenols is 4. The van der Waals surface area contributed by atoms with Crippen molar-refractivity contribution in [3.05, 3.63) is 95.7 Å². The van der Waals surface area contributed by atoms with E-state index in [2.05, 4.69) is 58.2 Å². The number of para-hydroxylation sites is 1. The summed E-state index contributed by atoms with van der Waals surface area (Å²) in [4.78, 5) is 181. The van der Waals surface area contributed by atoms with Crippen LogP contribution >= 0.6 is 0 Å². The number of phenolic OH excluding ortho intramolecular Hbond substituents is 4. The number of imide groups is 1. The molecule has 1 aliphatic heterocycles. The molecule has 0 bridgehead atoms. The number of nitrogens with two attached hydrogens (primary N) is 1. The number of aromatic hydroxyl groups is 4. The van der Waals surface area contributed by atoms with Crippen molar-refractivity contribution in [2.45, 2.75) is 101 Å². The Balaban J connectivity index is 0.881. The van der Waals surface area contributed by atoms with Crippen molar-refractivity contribution in [3.63, 3.8) is 0 Å². The lowest BCUT2D eigenvalue weighted by Gasteiger charge is -2.24. The first-order valence-electron chi connectivity index (χ1n) is 37.0. The number of unbranched alkanes of at least 4 members (excludes halogenated alkanes) is 1. The highest BCUT2D eigenvalue weighted by molar-refractivity contribution is 6.13. The summed E-state index contributed by atoms with van der Waals surface area (Å²) in [6.45, 7) is -2.21. The van der Waals surface area contributed by atoms with E-state index in [4.69, 9.17) is 43.6 Å². The number of aliphatic hydroxyl groups is 1. The topological polar surface area (TPSA) is 600 Å². The number of primary amides is 1. The second-order valence-corrected chi connectivity index (χ2v) is 25.7. The summed E-state index contributed by atoms with van der Waals surface area (Å²) in [6.07, 6.45) is 4.60. The summed E-state index contributed by atoms with van der Waals surface area (Å²) >= 11 is 0. The van der Waals surface area contributed by atoms with Crippen LogP contribution in [0.25, 0.3) is 10.9 Å². The number of ether oxygens (including phenoxy) is 8. The monoisotopic (exact) mass is 1620 g/mol. The Hall–Kier alpha value is -11.4. The first kappa shape index (κ1) is 94.2. The van der Waals surface area contributed by atoms with Crippen LogP contribution in [-0.4, -0.2) is 299 Å². The number of benzene rings is 3. The number of carbonyl (C=O) groups is 14. The molecule has 41 nitrogen and oxygen atoms in total. The quantitative estimate of drug-likeness (QED) is 0.00861. The largest absolute Gasteiger partial charge is 0.504 e. The van der Waals surface area contributed by atoms with E-state index in [0.29, 0.717) is 36.8 Å². The number of carboxylic acid groups (broad SMARTS) is 1. The highest BCUT2D eigenvalue weighted by Crippen LogP contribution is 2.27. The van der Waals surface area contributed by atoms with E-state index in [-0.39, 0.29) is 175 Å². The first-order valence-corrected chi connectivity index (χ1v) is 37.0. The molecule has 3 aromatic carbocycles. The van der Waals surface area contributed by atoms with Crippen molar-refractivity contribution in [3.8, 4) is 23.0 Å². The third-order valence-corrected chi connectivity index (χ3v) is 16.7. The molecule has 0 saturated carbocycles. The van der Waals surface area contributed by atoms with Gasteiger partial charge in [-0.3, -0.25) is 72.0 Å². The molecule has 0 saturated heterocycles. The molecule has 2 unspecified atom stereocenters. The number of hydrogen-bond donors (Lipinski definition) is 18. The zero-order valence-corrected chi connectivity index (χ0v) is 63.4. The molecule has 5 atom stereocenters. The molecular formula is C74H103N13O28. The number of nitrogens with zero attached hydrogens (tertiary/aromatic N) is 1. The number of carbonyl (C=O) groups excluding carboxylic acids is 13. The van der Waals surface area contributed by atoms with Gasteiger partial charge in [-0.05, 0) is 85.5 Å². The number of nitrogens with one attached hydrogen (secondary N) is 11. The Labute approximate surface area is 660 Å². The maximum absolute atomic E-state index is 13.8. The molecule has 4 aromatic rings. The normalized spacial score (nSPS) is 13.0. The molecule has 1 aromatic heterocycles. The predicted octanol–water partition coefficient (Wildman–Crippen LogP) is -4.28. The van der Waals surface area contributed by atoms with E-state index in [1.165, 1.54) is 36.4 Å². The molecule has 0 radical (unpaired) electrons. The minimum Gasteiger partial charge on any atom is -0.504 e. The summed E-state index contributed by atoms with van der Waals surface area (Å²) in [6, 6.07) is 8.53. The van der Waals surface area contributed by atoms with Crippen molar-refractivity contribution in [2.75, 3.05) is 145 Å². The highest BCUT2D eigenvalue weighted by Gasteiger charge is 2.32. The van der Waals surface area contributed by atoms with Crippen LogP contribution in [-0.2, 0) is 124 Å². The molecule has 13 amide bonds. The lowest BCUT2D eigenvalue weighted by molar-refractivity contribution is -0.141. The van der Waals surface area contributed by atoms with Gasteiger partial charge in [0, 0.05) is 94.3 Å². The minimum absolute atomic E-state index is 0.00289. The van der Waals surface area contributed by atoms with Gasteiger partial charge in [0.1, 0.15) is 63.4 Å². The zero-order chi connectivity index (χ0) is 83.7. The van der Waals surface area contributed by atoms with Crippen molar-refractivity contribution < 1.29 is 136 Å². The van der Waals surface area contributed by atoms with E-state index >= 15 is 0 Å². The second kappa shape index (κ2) is 53.5. The van der Waals surface area contributed by atoms with E-state index in [1.54, 1.807) is 0 Å². The fraction of sp³-hybridized carbons (Fsp3) is 0.514. The second-order valence-electron chi connectivity index (χ2n) is 25.7. The highest BCUT2D eigenvalue weighted by atomic mass is 16.5. The van der Waals surface area contributed by atoms with Gasteiger partial charge in [0.2, 0.25) is 65.0 Å². The molecule has 19 N–H and O–H groups in total. The number of carboxylic acids is 1. The summed E-state index contributed by atoms with van der Waals surface area (Å²) in [5.74, 6) is -11.7. The molecule has 115 heavy (non-hydrogen) atoms. The van der Waals surface area contributed by atoms with Crippen molar-refractivity contribution in [2.24, 2.45) is 5.73 Å². The number of fused-ring (bicyclic) bond motifs is 1. The van der Waals surface area contributed by atoms with Crippen molar-refractivity contribution in [1.29, 1.82) is 0 Å².